The van der Waals surface area contributed by atoms with Crippen LogP contribution in [-0.2, 0) is 11.2 Å². The summed E-state index contributed by atoms with van der Waals surface area (Å²) in [5.74, 6) is -0.184. The molecule has 1 amide bonds. The van der Waals surface area contributed by atoms with E-state index in [0.717, 1.165) is 21.9 Å². The first kappa shape index (κ1) is 15.5. The third-order valence-electron chi connectivity index (χ3n) is 3.74. The van der Waals surface area contributed by atoms with Crippen LogP contribution in [0.15, 0.2) is 72.8 Å². The zero-order chi connectivity index (χ0) is 16.8. The van der Waals surface area contributed by atoms with Crippen LogP contribution in [0.25, 0.3) is 16.8 Å². The Labute approximate surface area is 140 Å². The number of hydrogen-bond acceptors (Lipinski definition) is 2. The van der Waals surface area contributed by atoms with Crippen LogP contribution in [0, 0.1) is 11.3 Å². The molecule has 24 heavy (non-hydrogen) atoms. The Morgan fingerprint density at radius 2 is 1.75 bits per heavy atom. The summed E-state index contributed by atoms with van der Waals surface area (Å²) in [6.07, 6.45) is 3.72. The molecule has 0 unspecified atom stereocenters. The third kappa shape index (κ3) is 3.68. The minimum atomic E-state index is -0.184. The summed E-state index contributed by atoms with van der Waals surface area (Å²) in [6, 6.07) is 23.5. The summed E-state index contributed by atoms with van der Waals surface area (Å²) in [7, 11) is 0. The van der Waals surface area contributed by atoms with E-state index < -0.39 is 0 Å². The van der Waals surface area contributed by atoms with Crippen LogP contribution in [-0.4, -0.2) is 5.91 Å². The first-order valence-corrected chi connectivity index (χ1v) is 7.69. The highest BCUT2D eigenvalue weighted by Crippen LogP contribution is 2.19. The van der Waals surface area contributed by atoms with Gasteiger partial charge in [0.05, 0.1) is 12.5 Å². The van der Waals surface area contributed by atoms with Gasteiger partial charge >= 0.3 is 0 Å². The summed E-state index contributed by atoms with van der Waals surface area (Å²) in [5.41, 5.74) is 2.65. The first-order chi connectivity index (χ1) is 11.8. The summed E-state index contributed by atoms with van der Waals surface area (Å²) in [4.78, 5) is 12.1. The lowest BCUT2D eigenvalue weighted by Crippen LogP contribution is -2.07. The highest BCUT2D eigenvalue weighted by molar-refractivity contribution is 6.03. The minimum Gasteiger partial charge on any atom is -0.323 e. The highest BCUT2D eigenvalue weighted by Gasteiger charge is 2.00. The van der Waals surface area contributed by atoms with Gasteiger partial charge in [0.15, 0.2) is 0 Å². The highest BCUT2D eigenvalue weighted by atomic mass is 16.1. The first-order valence-electron chi connectivity index (χ1n) is 7.69. The number of amides is 1. The van der Waals surface area contributed by atoms with Crippen molar-refractivity contribution in [3.63, 3.8) is 0 Å². The number of carbonyl (C=O) groups excluding carboxylic acids is 1. The van der Waals surface area contributed by atoms with Gasteiger partial charge in [-0.2, -0.15) is 5.26 Å². The number of carbonyl (C=O) groups is 1. The lowest BCUT2D eigenvalue weighted by atomic mass is 10.0. The molecule has 0 heterocycles. The molecule has 0 radical (unpaired) electrons. The molecular weight excluding hydrogens is 296 g/mol. The monoisotopic (exact) mass is 312 g/mol. The smallest absolute Gasteiger partial charge is 0.248 e. The van der Waals surface area contributed by atoms with Crippen LogP contribution in [0.2, 0.25) is 0 Å². The summed E-state index contributed by atoms with van der Waals surface area (Å²) < 4.78 is 0. The number of anilines is 1. The minimum absolute atomic E-state index is 0.184. The molecule has 3 rings (SSSR count). The SMILES string of the molecule is N#CCc1ccc(NC(=O)/C=C/c2cccc3ccccc23)cc1. The van der Waals surface area contributed by atoms with Crippen molar-refractivity contribution in [2.24, 2.45) is 0 Å². The summed E-state index contributed by atoms with van der Waals surface area (Å²) >= 11 is 0. The number of nitrogens with zero attached hydrogens (tertiary/aromatic N) is 1. The van der Waals surface area contributed by atoms with Crippen LogP contribution in [0.4, 0.5) is 5.69 Å². The fraction of sp³-hybridized carbons (Fsp3) is 0.0476. The number of nitriles is 1. The zero-order valence-corrected chi connectivity index (χ0v) is 13.1. The van der Waals surface area contributed by atoms with Gasteiger partial charge < -0.3 is 5.32 Å². The van der Waals surface area contributed by atoms with E-state index in [4.69, 9.17) is 5.26 Å². The molecule has 0 aliphatic heterocycles. The van der Waals surface area contributed by atoms with Crippen molar-refractivity contribution in [1.29, 1.82) is 5.26 Å². The number of hydrogen-bond donors (Lipinski definition) is 1. The fourth-order valence-corrected chi connectivity index (χ4v) is 2.54. The lowest BCUT2D eigenvalue weighted by Gasteiger charge is -2.04. The maximum absolute atomic E-state index is 12.1. The van der Waals surface area contributed by atoms with E-state index in [-0.39, 0.29) is 5.91 Å². The van der Waals surface area contributed by atoms with Crippen molar-refractivity contribution in [2.75, 3.05) is 5.32 Å². The molecule has 0 spiro atoms. The molecule has 1 N–H and O–H groups in total. The van der Waals surface area contributed by atoms with Gasteiger partial charge in [0.2, 0.25) is 5.91 Å². The van der Waals surface area contributed by atoms with E-state index in [1.165, 1.54) is 6.08 Å². The van der Waals surface area contributed by atoms with Crippen molar-refractivity contribution < 1.29 is 4.79 Å². The third-order valence-corrected chi connectivity index (χ3v) is 3.74. The fourth-order valence-electron chi connectivity index (χ4n) is 2.54. The van der Waals surface area contributed by atoms with Crippen LogP contribution < -0.4 is 5.32 Å². The molecule has 3 nitrogen and oxygen atoms in total. The van der Waals surface area contributed by atoms with Crippen LogP contribution in [0.5, 0.6) is 0 Å². The van der Waals surface area contributed by atoms with Gasteiger partial charge in [-0.05, 0) is 40.1 Å². The van der Waals surface area contributed by atoms with Gasteiger partial charge in [0.1, 0.15) is 0 Å². The Bertz CT molecular complexity index is 929. The van der Waals surface area contributed by atoms with Crippen molar-refractivity contribution in [3.05, 3.63) is 83.9 Å². The molecule has 0 fully saturated rings. The largest absolute Gasteiger partial charge is 0.323 e. The second-order valence-corrected chi connectivity index (χ2v) is 5.42. The quantitative estimate of drug-likeness (QED) is 0.718. The van der Waals surface area contributed by atoms with E-state index in [9.17, 15) is 4.79 Å². The topological polar surface area (TPSA) is 52.9 Å². The van der Waals surface area contributed by atoms with Crippen LogP contribution in [0.1, 0.15) is 11.1 Å². The summed E-state index contributed by atoms with van der Waals surface area (Å²) in [5, 5.41) is 13.7. The molecule has 3 aromatic rings. The van der Waals surface area contributed by atoms with Crippen LogP contribution >= 0.6 is 0 Å². The Balaban J connectivity index is 1.72. The van der Waals surface area contributed by atoms with Gasteiger partial charge in [0, 0.05) is 11.8 Å². The molecule has 0 saturated carbocycles. The Morgan fingerprint density at radius 3 is 2.54 bits per heavy atom. The predicted molar refractivity (Wildman–Crippen MR) is 97.4 cm³/mol. The van der Waals surface area contributed by atoms with E-state index in [1.807, 2.05) is 48.5 Å². The second-order valence-electron chi connectivity index (χ2n) is 5.42. The molecule has 0 aromatic heterocycles. The van der Waals surface area contributed by atoms with Gasteiger partial charge in [-0.15, -0.1) is 0 Å². The Morgan fingerprint density at radius 1 is 1.00 bits per heavy atom. The normalized spacial score (nSPS) is 10.6. The molecule has 0 saturated heterocycles. The molecule has 3 heteroatoms. The van der Waals surface area contributed by atoms with E-state index >= 15 is 0 Å². The maximum atomic E-state index is 12.1. The molecule has 0 aliphatic rings. The Kier molecular flexibility index (Phi) is 4.69. The van der Waals surface area contributed by atoms with E-state index in [1.54, 1.807) is 12.1 Å². The number of nitrogens with one attached hydrogen (secondary N) is 1. The van der Waals surface area contributed by atoms with Crippen molar-refractivity contribution in [1.82, 2.24) is 0 Å². The second kappa shape index (κ2) is 7.26. The molecule has 116 valence electrons. The van der Waals surface area contributed by atoms with Gasteiger partial charge in [-0.25, -0.2) is 0 Å². The molecule has 0 atom stereocenters. The predicted octanol–water partition coefficient (Wildman–Crippen LogP) is 4.56. The Hall–Kier alpha value is -3.38. The van der Waals surface area contributed by atoms with Crippen LogP contribution in [0.3, 0.4) is 0 Å². The molecular formula is C21H16N2O. The van der Waals surface area contributed by atoms with Crippen molar-refractivity contribution >= 4 is 28.4 Å². The van der Waals surface area contributed by atoms with E-state index in [0.29, 0.717) is 12.1 Å². The average molecular weight is 312 g/mol. The van der Waals surface area contributed by atoms with Crippen molar-refractivity contribution in [2.45, 2.75) is 6.42 Å². The van der Waals surface area contributed by atoms with Gasteiger partial charge in [-0.1, -0.05) is 54.6 Å². The zero-order valence-electron chi connectivity index (χ0n) is 13.1. The number of fused-ring (bicyclic) bond motifs is 1. The standard InChI is InChI=1S/C21H16N2O/c22-15-14-16-8-11-19(12-9-16)23-21(24)13-10-18-6-3-5-17-4-1-2-7-20(17)18/h1-13H,14H2,(H,23,24)/b13-10+. The molecule has 0 bridgehead atoms. The van der Waals surface area contributed by atoms with Gasteiger partial charge in [0.25, 0.3) is 0 Å². The maximum Gasteiger partial charge on any atom is 0.248 e. The number of rotatable bonds is 4. The van der Waals surface area contributed by atoms with Gasteiger partial charge in [-0.3, -0.25) is 4.79 Å². The number of benzene rings is 3. The van der Waals surface area contributed by atoms with Crippen molar-refractivity contribution in [3.8, 4) is 6.07 Å². The van der Waals surface area contributed by atoms with E-state index in [2.05, 4.69) is 23.5 Å². The molecule has 3 aromatic carbocycles. The summed E-state index contributed by atoms with van der Waals surface area (Å²) in [6.45, 7) is 0. The molecule has 0 aliphatic carbocycles. The average Bonchev–Trinajstić information content (AvgIpc) is 2.62. The lowest BCUT2D eigenvalue weighted by molar-refractivity contribution is -0.111.